The van der Waals surface area contributed by atoms with E-state index in [-0.39, 0.29) is 17.9 Å². The number of benzene rings is 1. The first kappa shape index (κ1) is 16.3. The minimum Gasteiger partial charge on any atom is -0.497 e. The van der Waals surface area contributed by atoms with Gasteiger partial charge < -0.3 is 14.8 Å². The first-order chi connectivity index (χ1) is 11.6. The smallest absolute Gasteiger partial charge is 0.232 e. The van der Waals surface area contributed by atoms with Crippen LogP contribution in [0.3, 0.4) is 0 Å². The van der Waals surface area contributed by atoms with E-state index in [1.165, 1.54) is 5.56 Å². The standard InChI is InChI=1S/C19H22N2O3/c1-12(2)24-18-11-20-9-8-17(18)21-19(22)16-6-4-13-10-14(23-3)5-7-15(13)16/h5,7-12,16H,4,6H2,1-3H3,(H,20,21,22). The quantitative estimate of drug-likeness (QED) is 0.913. The third-order valence-electron chi connectivity index (χ3n) is 4.15. The van der Waals surface area contributed by atoms with Crippen molar-refractivity contribution in [2.75, 3.05) is 12.4 Å². The summed E-state index contributed by atoms with van der Waals surface area (Å²) in [5.41, 5.74) is 2.92. The Morgan fingerprint density at radius 2 is 2.17 bits per heavy atom. The molecular formula is C19H22N2O3. The highest BCUT2D eigenvalue weighted by atomic mass is 16.5. The average molecular weight is 326 g/mol. The van der Waals surface area contributed by atoms with Crippen molar-refractivity contribution < 1.29 is 14.3 Å². The Labute approximate surface area is 142 Å². The monoisotopic (exact) mass is 326 g/mol. The largest absolute Gasteiger partial charge is 0.497 e. The Morgan fingerprint density at radius 1 is 1.33 bits per heavy atom. The third-order valence-corrected chi connectivity index (χ3v) is 4.15. The number of nitrogens with one attached hydrogen (secondary N) is 1. The van der Waals surface area contributed by atoms with E-state index in [4.69, 9.17) is 9.47 Å². The van der Waals surface area contributed by atoms with E-state index in [1.807, 2.05) is 32.0 Å². The maximum atomic E-state index is 12.8. The lowest BCUT2D eigenvalue weighted by molar-refractivity contribution is -0.117. The van der Waals surface area contributed by atoms with Gasteiger partial charge in [-0.2, -0.15) is 0 Å². The zero-order valence-electron chi connectivity index (χ0n) is 14.2. The number of aromatic nitrogens is 1. The van der Waals surface area contributed by atoms with Crippen molar-refractivity contribution in [3.8, 4) is 11.5 Å². The van der Waals surface area contributed by atoms with Crippen LogP contribution in [0.5, 0.6) is 11.5 Å². The Kier molecular flexibility index (Phi) is 4.69. The summed E-state index contributed by atoms with van der Waals surface area (Å²) in [6.45, 7) is 3.89. The molecule has 3 rings (SSSR count). The predicted octanol–water partition coefficient (Wildman–Crippen LogP) is 3.55. The summed E-state index contributed by atoms with van der Waals surface area (Å²) in [7, 11) is 1.65. The summed E-state index contributed by atoms with van der Waals surface area (Å²) in [5, 5.41) is 2.99. The summed E-state index contributed by atoms with van der Waals surface area (Å²) in [6, 6.07) is 7.68. The summed E-state index contributed by atoms with van der Waals surface area (Å²) in [4.78, 5) is 16.8. The number of methoxy groups -OCH3 is 1. The molecule has 126 valence electrons. The van der Waals surface area contributed by atoms with Crippen molar-refractivity contribution in [2.45, 2.75) is 38.7 Å². The van der Waals surface area contributed by atoms with Gasteiger partial charge in [-0.05, 0) is 56.0 Å². The number of hydrogen-bond acceptors (Lipinski definition) is 4. The van der Waals surface area contributed by atoms with Gasteiger partial charge in [0.25, 0.3) is 0 Å². The molecule has 0 bridgehead atoms. The van der Waals surface area contributed by atoms with Gasteiger partial charge in [0.1, 0.15) is 5.75 Å². The van der Waals surface area contributed by atoms with E-state index in [2.05, 4.69) is 10.3 Å². The van der Waals surface area contributed by atoms with Crippen LogP contribution >= 0.6 is 0 Å². The van der Waals surface area contributed by atoms with Gasteiger partial charge in [-0.1, -0.05) is 6.07 Å². The number of ether oxygens (including phenoxy) is 2. The predicted molar refractivity (Wildman–Crippen MR) is 92.7 cm³/mol. The molecule has 2 aromatic rings. The highest BCUT2D eigenvalue weighted by molar-refractivity contribution is 5.97. The number of amides is 1. The number of anilines is 1. The molecular weight excluding hydrogens is 304 g/mol. The van der Waals surface area contributed by atoms with E-state index in [1.54, 1.807) is 25.6 Å². The van der Waals surface area contributed by atoms with Crippen LogP contribution in [0.4, 0.5) is 5.69 Å². The third kappa shape index (κ3) is 3.35. The Hall–Kier alpha value is -2.56. The molecule has 1 heterocycles. The van der Waals surface area contributed by atoms with Gasteiger partial charge in [0.05, 0.1) is 31.0 Å². The van der Waals surface area contributed by atoms with Crippen LogP contribution in [0, 0.1) is 0 Å². The maximum absolute atomic E-state index is 12.8. The molecule has 1 aromatic heterocycles. The maximum Gasteiger partial charge on any atom is 0.232 e. The highest BCUT2D eigenvalue weighted by Gasteiger charge is 2.29. The van der Waals surface area contributed by atoms with Gasteiger partial charge in [-0.15, -0.1) is 0 Å². The van der Waals surface area contributed by atoms with Crippen LogP contribution in [0.2, 0.25) is 0 Å². The van der Waals surface area contributed by atoms with E-state index >= 15 is 0 Å². The molecule has 24 heavy (non-hydrogen) atoms. The molecule has 5 heteroatoms. The van der Waals surface area contributed by atoms with Gasteiger partial charge in [0.2, 0.25) is 5.91 Å². The molecule has 5 nitrogen and oxygen atoms in total. The molecule has 0 radical (unpaired) electrons. The normalized spacial score (nSPS) is 15.9. The van der Waals surface area contributed by atoms with Gasteiger partial charge in [-0.3, -0.25) is 9.78 Å². The number of nitrogens with zero attached hydrogens (tertiary/aromatic N) is 1. The molecule has 0 aliphatic heterocycles. The fourth-order valence-electron chi connectivity index (χ4n) is 3.04. The Bertz CT molecular complexity index is 743. The zero-order valence-corrected chi connectivity index (χ0v) is 14.2. The molecule has 0 saturated heterocycles. The lowest BCUT2D eigenvalue weighted by Gasteiger charge is -2.17. The van der Waals surface area contributed by atoms with E-state index in [0.717, 1.165) is 24.2 Å². The van der Waals surface area contributed by atoms with Crippen molar-refractivity contribution in [3.05, 3.63) is 47.8 Å². The molecule has 1 unspecified atom stereocenters. The lowest BCUT2D eigenvalue weighted by atomic mass is 10.00. The number of carbonyl (C=O) groups excluding carboxylic acids is 1. The molecule has 0 spiro atoms. The molecule has 1 aromatic carbocycles. The highest BCUT2D eigenvalue weighted by Crippen LogP contribution is 2.36. The van der Waals surface area contributed by atoms with Crippen LogP contribution in [0.25, 0.3) is 0 Å². The van der Waals surface area contributed by atoms with E-state index in [0.29, 0.717) is 11.4 Å². The van der Waals surface area contributed by atoms with Gasteiger partial charge in [0.15, 0.2) is 5.75 Å². The Balaban J connectivity index is 1.78. The second-order valence-corrected chi connectivity index (χ2v) is 6.18. The fraction of sp³-hybridized carbons (Fsp3) is 0.368. The summed E-state index contributed by atoms with van der Waals surface area (Å²) in [6.07, 6.45) is 4.99. The zero-order chi connectivity index (χ0) is 17.1. The topological polar surface area (TPSA) is 60.5 Å². The number of fused-ring (bicyclic) bond motifs is 1. The summed E-state index contributed by atoms with van der Waals surface area (Å²) in [5.74, 6) is 1.26. The molecule has 1 atom stereocenters. The minimum atomic E-state index is -0.147. The average Bonchev–Trinajstić information content (AvgIpc) is 2.99. The Morgan fingerprint density at radius 3 is 2.92 bits per heavy atom. The number of pyridine rings is 1. The van der Waals surface area contributed by atoms with Crippen molar-refractivity contribution in [2.24, 2.45) is 0 Å². The van der Waals surface area contributed by atoms with Crippen molar-refractivity contribution in [3.63, 3.8) is 0 Å². The molecule has 1 aliphatic rings. The van der Waals surface area contributed by atoms with Crippen LogP contribution in [0.1, 0.15) is 37.3 Å². The number of aryl methyl sites for hydroxylation is 1. The van der Waals surface area contributed by atoms with Gasteiger partial charge in [-0.25, -0.2) is 0 Å². The van der Waals surface area contributed by atoms with E-state index < -0.39 is 0 Å². The molecule has 1 aliphatic carbocycles. The van der Waals surface area contributed by atoms with Crippen molar-refractivity contribution >= 4 is 11.6 Å². The van der Waals surface area contributed by atoms with Crippen LogP contribution in [-0.2, 0) is 11.2 Å². The first-order valence-electron chi connectivity index (χ1n) is 8.17. The van der Waals surface area contributed by atoms with Crippen molar-refractivity contribution in [1.82, 2.24) is 4.98 Å². The minimum absolute atomic E-state index is 0.0151. The molecule has 0 fully saturated rings. The first-order valence-corrected chi connectivity index (χ1v) is 8.17. The number of rotatable bonds is 5. The number of hydrogen-bond donors (Lipinski definition) is 1. The molecule has 1 amide bonds. The molecule has 0 saturated carbocycles. The van der Waals surface area contributed by atoms with Crippen LogP contribution < -0.4 is 14.8 Å². The summed E-state index contributed by atoms with van der Waals surface area (Å²) < 4.78 is 11.0. The second-order valence-electron chi connectivity index (χ2n) is 6.18. The van der Waals surface area contributed by atoms with Gasteiger partial charge >= 0.3 is 0 Å². The second kappa shape index (κ2) is 6.91. The van der Waals surface area contributed by atoms with Crippen molar-refractivity contribution in [1.29, 1.82) is 0 Å². The van der Waals surface area contributed by atoms with E-state index in [9.17, 15) is 4.79 Å². The van der Waals surface area contributed by atoms with Crippen LogP contribution in [-0.4, -0.2) is 24.1 Å². The number of carbonyl (C=O) groups is 1. The van der Waals surface area contributed by atoms with Crippen LogP contribution in [0.15, 0.2) is 36.7 Å². The fourth-order valence-corrected chi connectivity index (χ4v) is 3.04. The SMILES string of the molecule is COc1ccc2c(c1)CCC2C(=O)Nc1ccncc1OC(C)C. The molecule has 1 N–H and O–H groups in total. The van der Waals surface area contributed by atoms with Gasteiger partial charge in [0, 0.05) is 6.20 Å². The summed E-state index contributed by atoms with van der Waals surface area (Å²) >= 11 is 0. The lowest BCUT2D eigenvalue weighted by Crippen LogP contribution is -2.20.